The largest absolute Gasteiger partial charge is 0.486 e. The van der Waals surface area contributed by atoms with Gasteiger partial charge in [-0.3, -0.25) is 9.59 Å². The van der Waals surface area contributed by atoms with Crippen molar-refractivity contribution in [3.05, 3.63) is 46.2 Å². The van der Waals surface area contributed by atoms with Crippen molar-refractivity contribution in [1.82, 2.24) is 10.2 Å². The van der Waals surface area contributed by atoms with Crippen LogP contribution in [0.15, 0.2) is 35.7 Å². The predicted octanol–water partition coefficient (Wildman–Crippen LogP) is 3.89. The Morgan fingerprint density at radius 2 is 1.97 bits per heavy atom. The van der Waals surface area contributed by atoms with Crippen LogP contribution in [0.1, 0.15) is 48.0 Å². The summed E-state index contributed by atoms with van der Waals surface area (Å²) in [6.45, 7) is 6.44. The third-order valence-corrected chi connectivity index (χ3v) is 6.56. The lowest BCUT2D eigenvalue weighted by Crippen LogP contribution is -2.46. The Kier molecular flexibility index (Phi) is 6.27. The molecule has 0 radical (unpaired) electrons. The van der Waals surface area contributed by atoms with E-state index in [0.29, 0.717) is 26.3 Å². The lowest BCUT2D eigenvalue weighted by atomic mass is 9.92. The SMILES string of the molecule is CC(C)[C@@H](NC(=O)[C@H]1CCCN(C(=O)c2cccs2)C1)c1ccc2c(c1)OCCO2. The van der Waals surface area contributed by atoms with Gasteiger partial charge in [-0.25, -0.2) is 0 Å². The summed E-state index contributed by atoms with van der Waals surface area (Å²) in [6.07, 6.45) is 1.64. The van der Waals surface area contributed by atoms with E-state index < -0.39 is 0 Å². The standard InChI is InChI=1S/C23H28N2O4S/c1-15(2)21(16-7-8-18-19(13-16)29-11-10-28-18)24-22(26)17-5-3-9-25(14-17)23(27)20-6-4-12-30-20/h4,6-8,12-13,15,17,21H,3,5,9-11,14H2,1-2H3,(H,24,26)/t17-,21+/m0/s1. The third kappa shape index (κ3) is 4.46. The molecule has 2 aromatic rings. The topological polar surface area (TPSA) is 67.9 Å². The first-order valence-corrected chi connectivity index (χ1v) is 11.4. The molecule has 4 rings (SSSR count). The molecule has 6 nitrogen and oxygen atoms in total. The molecule has 2 atom stereocenters. The molecular formula is C23H28N2O4S. The van der Waals surface area contributed by atoms with Gasteiger partial charge in [-0.2, -0.15) is 0 Å². The van der Waals surface area contributed by atoms with E-state index in [1.807, 2.05) is 40.6 Å². The van der Waals surface area contributed by atoms with Crippen molar-refractivity contribution in [2.45, 2.75) is 32.7 Å². The minimum Gasteiger partial charge on any atom is -0.486 e. The number of ether oxygens (including phenoxy) is 2. The van der Waals surface area contributed by atoms with Crippen LogP contribution in [0.4, 0.5) is 0 Å². The summed E-state index contributed by atoms with van der Waals surface area (Å²) in [5.41, 5.74) is 1.00. The van der Waals surface area contributed by atoms with E-state index in [0.717, 1.165) is 34.8 Å². The number of nitrogens with one attached hydrogen (secondary N) is 1. The number of thiophene rings is 1. The fourth-order valence-corrected chi connectivity index (χ4v) is 4.78. The van der Waals surface area contributed by atoms with Gasteiger partial charge in [0.05, 0.1) is 16.8 Å². The van der Waals surface area contributed by atoms with Gasteiger partial charge in [0.25, 0.3) is 5.91 Å². The van der Waals surface area contributed by atoms with Crippen LogP contribution < -0.4 is 14.8 Å². The molecule has 2 aliphatic heterocycles. The predicted molar refractivity (Wildman–Crippen MR) is 116 cm³/mol. The summed E-state index contributed by atoms with van der Waals surface area (Å²) in [5, 5.41) is 5.14. The first kappa shape index (κ1) is 20.7. The monoisotopic (exact) mass is 428 g/mol. The number of rotatable bonds is 5. The maximum atomic E-state index is 13.1. The van der Waals surface area contributed by atoms with E-state index in [2.05, 4.69) is 19.2 Å². The molecular weight excluding hydrogens is 400 g/mol. The molecule has 0 saturated carbocycles. The Balaban J connectivity index is 1.44. The number of hydrogen-bond donors (Lipinski definition) is 1. The van der Waals surface area contributed by atoms with Gasteiger partial charge in [0.1, 0.15) is 13.2 Å². The Labute approximate surface area is 181 Å². The van der Waals surface area contributed by atoms with Crippen LogP contribution in [-0.4, -0.2) is 43.0 Å². The van der Waals surface area contributed by atoms with Crippen molar-refractivity contribution < 1.29 is 19.1 Å². The number of piperidine rings is 1. The van der Waals surface area contributed by atoms with Crippen LogP contribution in [0.3, 0.4) is 0 Å². The zero-order valence-corrected chi connectivity index (χ0v) is 18.2. The van der Waals surface area contributed by atoms with Crippen molar-refractivity contribution in [2.24, 2.45) is 11.8 Å². The number of carbonyl (C=O) groups excluding carboxylic acids is 2. The Morgan fingerprint density at radius 1 is 1.17 bits per heavy atom. The van der Waals surface area contributed by atoms with Crippen molar-refractivity contribution in [3.63, 3.8) is 0 Å². The van der Waals surface area contributed by atoms with E-state index in [1.165, 1.54) is 11.3 Å². The summed E-state index contributed by atoms with van der Waals surface area (Å²) in [5.74, 6) is 1.52. The first-order chi connectivity index (χ1) is 14.5. The maximum Gasteiger partial charge on any atom is 0.263 e. The maximum absolute atomic E-state index is 13.1. The first-order valence-electron chi connectivity index (χ1n) is 10.6. The fraction of sp³-hybridized carbons (Fsp3) is 0.478. The van der Waals surface area contributed by atoms with Gasteiger partial charge in [0.15, 0.2) is 11.5 Å². The van der Waals surface area contributed by atoms with E-state index in [9.17, 15) is 9.59 Å². The van der Waals surface area contributed by atoms with Crippen molar-refractivity contribution in [2.75, 3.05) is 26.3 Å². The highest BCUT2D eigenvalue weighted by molar-refractivity contribution is 7.12. The lowest BCUT2D eigenvalue weighted by molar-refractivity contribution is -0.127. The van der Waals surface area contributed by atoms with E-state index in [4.69, 9.17) is 9.47 Å². The molecule has 0 aliphatic carbocycles. The van der Waals surface area contributed by atoms with Gasteiger partial charge in [0, 0.05) is 13.1 Å². The Bertz CT molecular complexity index is 897. The molecule has 0 spiro atoms. The molecule has 2 amide bonds. The molecule has 30 heavy (non-hydrogen) atoms. The van der Waals surface area contributed by atoms with Crippen LogP contribution >= 0.6 is 11.3 Å². The number of fused-ring (bicyclic) bond motifs is 1. The van der Waals surface area contributed by atoms with Crippen molar-refractivity contribution >= 4 is 23.2 Å². The summed E-state index contributed by atoms with van der Waals surface area (Å²) in [6, 6.07) is 9.46. The molecule has 0 bridgehead atoms. The molecule has 1 aromatic heterocycles. The van der Waals surface area contributed by atoms with Gasteiger partial charge in [-0.1, -0.05) is 26.0 Å². The second kappa shape index (κ2) is 9.08. The van der Waals surface area contributed by atoms with E-state index in [-0.39, 0.29) is 29.7 Å². The molecule has 1 aromatic carbocycles. The van der Waals surface area contributed by atoms with Crippen LogP contribution in [0.25, 0.3) is 0 Å². The van der Waals surface area contributed by atoms with Gasteiger partial charge in [-0.05, 0) is 47.9 Å². The summed E-state index contributed by atoms with van der Waals surface area (Å²) in [7, 11) is 0. The minimum atomic E-state index is -0.193. The van der Waals surface area contributed by atoms with Crippen LogP contribution in [-0.2, 0) is 4.79 Å². The second-order valence-corrected chi connectivity index (χ2v) is 9.15. The van der Waals surface area contributed by atoms with Crippen molar-refractivity contribution in [3.8, 4) is 11.5 Å². The highest BCUT2D eigenvalue weighted by Gasteiger charge is 2.31. The number of amides is 2. The summed E-state index contributed by atoms with van der Waals surface area (Å²) >= 11 is 1.44. The zero-order chi connectivity index (χ0) is 21.1. The van der Waals surface area contributed by atoms with Crippen LogP contribution in [0, 0.1) is 11.8 Å². The molecule has 1 N–H and O–H groups in total. The molecule has 3 heterocycles. The molecule has 2 aliphatic rings. The smallest absolute Gasteiger partial charge is 0.263 e. The average Bonchev–Trinajstić information content (AvgIpc) is 3.31. The highest BCUT2D eigenvalue weighted by atomic mass is 32.1. The average molecular weight is 429 g/mol. The fourth-order valence-electron chi connectivity index (χ4n) is 4.09. The highest BCUT2D eigenvalue weighted by Crippen LogP contribution is 2.34. The second-order valence-electron chi connectivity index (χ2n) is 8.20. The lowest BCUT2D eigenvalue weighted by Gasteiger charge is -2.33. The molecule has 160 valence electrons. The molecule has 7 heteroatoms. The number of likely N-dealkylation sites (tertiary alicyclic amines) is 1. The number of nitrogens with zero attached hydrogens (tertiary/aromatic N) is 1. The van der Waals surface area contributed by atoms with Crippen LogP contribution in [0.5, 0.6) is 11.5 Å². The van der Waals surface area contributed by atoms with Gasteiger partial charge in [-0.15, -0.1) is 11.3 Å². The summed E-state index contributed by atoms with van der Waals surface area (Å²) < 4.78 is 11.3. The minimum absolute atomic E-state index is 0.00673. The van der Waals surface area contributed by atoms with E-state index >= 15 is 0 Å². The zero-order valence-electron chi connectivity index (χ0n) is 17.4. The normalized spacial score (nSPS) is 19.4. The Morgan fingerprint density at radius 3 is 2.70 bits per heavy atom. The van der Waals surface area contributed by atoms with Gasteiger partial charge >= 0.3 is 0 Å². The number of hydrogen-bond acceptors (Lipinski definition) is 5. The van der Waals surface area contributed by atoms with Crippen LogP contribution in [0.2, 0.25) is 0 Å². The number of benzene rings is 1. The summed E-state index contributed by atoms with van der Waals surface area (Å²) in [4.78, 5) is 28.4. The third-order valence-electron chi connectivity index (χ3n) is 5.70. The Hall–Kier alpha value is -2.54. The molecule has 1 fully saturated rings. The number of carbonyl (C=O) groups is 2. The quantitative estimate of drug-likeness (QED) is 0.785. The van der Waals surface area contributed by atoms with E-state index in [1.54, 1.807) is 0 Å². The van der Waals surface area contributed by atoms with Gasteiger partial charge in [0.2, 0.25) is 5.91 Å². The molecule has 1 saturated heterocycles. The van der Waals surface area contributed by atoms with Gasteiger partial charge < -0.3 is 19.7 Å². The van der Waals surface area contributed by atoms with Crippen molar-refractivity contribution in [1.29, 1.82) is 0 Å². The molecule has 0 unspecified atom stereocenters.